The summed E-state index contributed by atoms with van der Waals surface area (Å²) in [5.74, 6) is -1.34. The lowest BCUT2D eigenvalue weighted by atomic mass is 9.88. The van der Waals surface area contributed by atoms with Gasteiger partial charge >= 0.3 is 5.97 Å². The van der Waals surface area contributed by atoms with Crippen LogP contribution in [0.3, 0.4) is 0 Å². The molecule has 2 fully saturated rings. The monoisotopic (exact) mass is 360 g/mol. The Labute approximate surface area is 152 Å². The summed E-state index contributed by atoms with van der Waals surface area (Å²) in [4.78, 5) is 35.5. The standard InChI is InChI=1S/C19H24N2O5/c22-17(12-5-2-1-3-6-12)20-13-7-4-8-14(11-13)21-18(23)15-9-10-16(26-15)19(24)25/h4,7-8,11-12,15-16H,1-3,5-6,9-10H2,(H,20,22)(H,21,23)(H,24,25)/t15-,16+/m0/s1. The molecular formula is C19H24N2O5. The van der Waals surface area contributed by atoms with Crippen LogP contribution in [-0.2, 0) is 19.1 Å². The van der Waals surface area contributed by atoms with Gasteiger partial charge in [-0.3, -0.25) is 9.59 Å². The van der Waals surface area contributed by atoms with E-state index in [1.54, 1.807) is 24.3 Å². The molecule has 1 aromatic carbocycles. The van der Waals surface area contributed by atoms with Crippen LogP contribution in [0, 0.1) is 5.92 Å². The number of nitrogens with one attached hydrogen (secondary N) is 2. The van der Waals surface area contributed by atoms with Crippen LogP contribution in [0.1, 0.15) is 44.9 Å². The van der Waals surface area contributed by atoms with E-state index >= 15 is 0 Å². The molecule has 2 atom stereocenters. The lowest BCUT2D eigenvalue weighted by Gasteiger charge is -2.21. The van der Waals surface area contributed by atoms with Crippen molar-refractivity contribution in [2.75, 3.05) is 10.6 Å². The maximum Gasteiger partial charge on any atom is 0.332 e. The summed E-state index contributed by atoms with van der Waals surface area (Å²) < 4.78 is 5.25. The first-order valence-corrected chi connectivity index (χ1v) is 9.13. The first-order valence-electron chi connectivity index (χ1n) is 9.13. The number of carbonyl (C=O) groups is 3. The van der Waals surface area contributed by atoms with Gasteiger partial charge < -0.3 is 20.5 Å². The number of ether oxygens (including phenoxy) is 1. The molecule has 0 bridgehead atoms. The summed E-state index contributed by atoms with van der Waals surface area (Å²) in [5.41, 5.74) is 1.17. The number of aliphatic carboxylic acids is 1. The van der Waals surface area contributed by atoms with Gasteiger partial charge in [-0.15, -0.1) is 0 Å². The second-order valence-corrected chi connectivity index (χ2v) is 6.92. The van der Waals surface area contributed by atoms with E-state index < -0.39 is 18.2 Å². The van der Waals surface area contributed by atoms with Crippen molar-refractivity contribution in [1.29, 1.82) is 0 Å². The van der Waals surface area contributed by atoms with Gasteiger partial charge in [0.25, 0.3) is 5.91 Å². The Morgan fingerprint density at radius 3 is 2.12 bits per heavy atom. The van der Waals surface area contributed by atoms with E-state index in [4.69, 9.17) is 9.84 Å². The van der Waals surface area contributed by atoms with E-state index in [2.05, 4.69) is 10.6 Å². The van der Waals surface area contributed by atoms with E-state index in [0.717, 1.165) is 25.7 Å². The Bertz CT molecular complexity index is 684. The third-order valence-corrected chi connectivity index (χ3v) is 4.96. The average molecular weight is 360 g/mol. The maximum atomic E-state index is 12.3. The zero-order chi connectivity index (χ0) is 18.5. The van der Waals surface area contributed by atoms with E-state index in [0.29, 0.717) is 24.2 Å². The lowest BCUT2D eigenvalue weighted by Crippen LogP contribution is -2.30. The molecule has 1 aliphatic carbocycles. The zero-order valence-corrected chi connectivity index (χ0v) is 14.6. The molecule has 140 valence electrons. The SMILES string of the molecule is O=C(Nc1cccc(NC(=O)[C@@H]2CC[C@H](C(=O)O)O2)c1)C1CCCCC1. The Kier molecular flexibility index (Phi) is 5.88. The predicted octanol–water partition coefficient (Wildman–Crippen LogP) is 2.78. The van der Waals surface area contributed by atoms with Crippen LogP contribution < -0.4 is 10.6 Å². The molecule has 1 aromatic rings. The fourth-order valence-electron chi connectivity index (χ4n) is 3.52. The Morgan fingerprint density at radius 1 is 0.885 bits per heavy atom. The van der Waals surface area contributed by atoms with Crippen molar-refractivity contribution in [2.24, 2.45) is 5.92 Å². The number of carboxylic acids is 1. The van der Waals surface area contributed by atoms with Crippen LogP contribution in [-0.4, -0.2) is 35.1 Å². The fourth-order valence-corrected chi connectivity index (χ4v) is 3.52. The Balaban J connectivity index is 1.56. The second kappa shape index (κ2) is 8.31. The van der Waals surface area contributed by atoms with Crippen LogP contribution in [0.5, 0.6) is 0 Å². The molecule has 7 heteroatoms. The van der Waals surface area contributed by atoms with Crippen molar-refractivity contribution in [3.63, 3.8) is 0 Å². The minimum atomic E-state index is -1.05. The summed E-state index contributed by atoms with van der Waals surface area (Å²) in [7, 11) is 0. The van der Waals surface area contributed by atoms with Gasteiger partial charge in [-0.2, -0.15) is 0 Å². The lowest BCUT2D eigenvalue weighted by molar-refractivity contribution is -0.150. The Morgan fingerprint density at radius 2 is 1.50 bits per heavy atom. The van der Waals surface area contributed by atoms with Gasteiger partial charge in [-0.05, 0) is 43.9 Å². The highest BCUT2D eigenvalue weighted by Crippen LogP contribution is 2.26. The molecule has 0 radical (unpaired) electrons. The summed E-state index contributed by atoms with van der Waals surface area (Å²) in [6.07, 6.45) is 4.23. The molecule has 1 saturated heterocycles. The van der Waals surface area contributed by atoms with Gasteiger partial charge in [-0.25, -0.2) is 4.79 Å². The summed E-state index contributed by atoms with van der Waals surface area (Å²) in [6, 6.07) is 6.95. The predicted molar refractivity (Wildman–Crippen MR) is 95.8 cm³/mol. The zero-order valence-electron chi connectivity index (χ0n) is 14.6. The number of anilines is 2. The first kappa shape index (κ1) is 18.4. The van der Waals surface area contributed by atoms with Crippen molar-refractivity contribution >= 4 is 29.2 Å². The molecule has 0 spiro atoms. The summed E-state index contributed by atoms with van der Waals surface area (Å²) in [6.45, 7) is 0. The molecule has 0 unspecified atom stereocenters. The van der Waals surface area contributed by atoms with Gasteiger partial charge in [0.1, 0.15) is 6.10 Å². The highest BCUT2D eigenvalue weighted by atomic mass is 16.5. The fraction of sp³-hybridized carbons (Fsp3) is 0.526. The molecule has 1 heterocycles. The van der Waals surface area contributed by atoms with Crippen molar-refractivity contribution < 1.29 is 24.2 Å². The highest BCUT2D eigenvalue weighted by molar-refractivity contribution is 5.97. The first-order chi connectivity index (χ1) is 12.5. The third-order valence-electron chi connectivity index (χ3n) is 4.96. The molecular weight excluding hydrogens is 336 g/mol. The van der Waals surface area contributed by atoms with Crippen molar-refractivity contribution in [1.82, 2.24) is 0 Å². The molecule has 3 N–H and O–H groups in total. The van der Waals surface area contributed by atoms with Crippen molar-refractivity contribution in [3.8, 4) is 0 Å². The molecule has 26 heavy (non-hydrogen) atoms. The number of hydrogen-bond donors (Lipinski definition) is 3. The highest BCUT2D eigenvalue weighted by Gasteiger charge is 2.34. The maximum absolute atomic E-state index is 12.3. The molecule has 3 rings (SSSR count). The van der Waals surface area contributed by atoms with E-state index in [9.17, 15) is 14.4 Å². The number of benzene rings is 1. The molecule has 7 nitrogen and oxygen atoms in total. The van der Waals surface area contributed by atoms with Gasteiger partial charge in [0.05, 0.1) is 0 Å². The number of carbonyl (C=O) groups excluding carboxylic acids is 2. The number of rotatable bonds is 5. The van der Waals surface area contributed by atoms with Crippen LogP contribution in [0.2, 0.25) is 0 Å². The topological polar surface area (TPSA) is 105 Å². The Hall–Kier alpha value is -2.41. The molecule has 1 aliphatic heterocycles. The van der Waals surface area contributed by atoms with Crippen LogP contribution in [0.4, 0.5) is 11.4 Å². The summed E-state index contributed by atoms with van der Waals surface area (Å²) >= 11 is 0. The van der Waals surface area contributed by atoms with Crippen molar-refractivity contribution in [3.05, 3.63) is 24.3 Å². The van der Waals surface area contributed by atoms with E-state index in [-0.39, 0.29) is 17.7 Å². The number of carboxylic acid groups (broad SMARTS) is 1. The second-order valence-electron chi connectivity index (χ2n) is 6.92. The quantitative estimate of drug-likeness (QED) is 0.749. The minimum Gasteiger partial charge on any atom is -0.479 e. The van der Waals surface area contributed by atoms with Crippen LogP contribution >= 0.6 is 0 Å². The molecule has 0 aromatic heterocycles. The molecule has 2 amide bonds. The van der Waals surface area contributed by atoms with Crippen LogP contribution in [0.15, 0.2) is 24.3 Å². The average Bonchev–Trinajstić information content (AvgIpc) is 3.13. The third kappa shape index (κ3) is 4.60. The van der Waals surface area contributed by atoms with Gasteiger partial charge in [0, 0.05) is 17.3 Å². The van der Waals surface area contributed by atoms with E-state index in [1.807, 2.05) is 0 Å². The van der Waals surface area contributed by atoms with E-state index in [1.165, 1.54) is 6.42 Å². The molecule has 1 saturated carbocycles. The summed E-state index contributed by atoms with van der Waals surface area (Å²) in [5, 5.41) is 14.6. The smallest absolute Gasteiger partial charge is 0.332 e. The van der Waals surface area contributed by atoms with Gasteiger partial charge in [0.2, 0.25) is 5.91 Å². The number of hydrogen-bond acceptors (Lipinski definition) is 4. The van der Waals surface area contributed by atoms with Gasteiger partial charge in [0.15, 0.2) is 6.10 Å². The normalized spacial score (nSPS) is 23.4. The number of amides is 2. The largest absolute Gasteiger partial charge is 0.479 e. The van der Waals surface area contributed by atoms with Crippen LogP contribution in [0.25, 0.3) is 0 Å². The van der Waals surface area contributed by atoms with Gasteiger partial charge in [-0.1, -0.05) is 25.3 Å². The molecule has 2 aliphatic rings. The van der Waals surface area contributed by atoms with Crippen molar-refractivity contribution in [2.45, 2.75) is 57.2 Å². The minimum absolute atomic E-state index is 0.0246.